The van der Waals surface area contributed by atoms with Gasteiger partial charge in [-0.25, -0.2) is 4.79 Å². The number of anilines is 3. The minimum absolute atomic E-state index is 0.195. The lowest BCUT2D eigenvalue weighted by Gasteiger charge is -2.23. The summed E-state index contributed by atoms with van der Waals surface area (Å²) in [4.78, 5) is 27.1. The first-order chi connectivity index (χ1) is 16.0. The molecule has 6 N–H and O–H groups in total. The molecule has 7 nitrogen and oxygen atoms in total. The van der Waals surface area contributed by atoms with Gasteiger partial charge in [0.2, 0.25) is 0 Å². The number of hydrogen-bond acceptors (Lipinski definition) is 4. The van der Waals surface area contributed by atoms with Crippen molar-refractivity contribution in [3.05, 3.63) is 89.0 Å². The van der Waals surface area contributed by atoms with Gasteiger partial charge in [0.15, 0.2) is 0 Å². The first-order valence-corrected chi connectivity index (χ1v) is 11.2. The highest BCUT2D eigenvalue weighted by Gasteiger charge is 2.16. The van der Waals surface area contributed by atoms with Gasteiger partial charge in [-0.3, -0.25) is 4.79 Å². The van der Waals surface area contributed by atoms with Crippen molar-refractivity contribution in [3.63, 3.8) is 0 Å². The highest BCUT2D eigenvalue weighted by molar-refractivity contribution is 6.05. The van der Waals surface area contributed by atoms with E-state index < -0.39 is 0 Å². The molecule has 0 bridgehead atoms. The van der Waals surface area contributed by atoms with Crippen LogP contribution in [-0.2, 0) is 19.4 Å². The highest BCUT2D eigenvalue weighted by Crippen LogP contribution is 2.25. The second-order valence-electron chi connectivity index (χ2n) is 8.22. The van der Waals surface area contributed by atoms with Gasteiger partial charge in [0, 0.05) is 30.9 Å². The van der Waals surface area contributed by atoms with Crippen molar-refractivity contribution in [3.8, 4) is 0 Å². The maximum absolute atomic E-state index is 12.9. The molecule has 7 heteroatoms. The standard InChI is InChI=1S/C26H29N5O2/c27-14-15-31(26(33)29-22-13-12-19-4-3-5-21(19)16-22)17-18-8-10-20(11-9-18)25(32)30-24-7-2-1-6-23(24)28/h1-2,6-13,16H,3-5,14-15,17,27-28H2,(H,29,33)(H,30,32). The van der Waals surface area contributed by atoms with Crippen LogP contribution < -0.4 is 22.1 Å². The van der Waals surface area contributed by atoms with E-state index in [9.17, 15) is 9.59 Å². The number of urea groups is 1. The van der Waals surface area contributed by atoms with Crippen LogP contribution >= 0.6 is 0 Å². The van der Waals surface area contributed by atoms with Gasteiger partial charge in [0.05, 0.1) is 11.4 Å². The summed E-state index contributed by atoms with van der Waals surface area (Å²) in [5.41, 5.74) is 17.6. The number of hydrogen-bond donors (Lipinski definition) is 4. The third-order valence-corrected chi connectivity index (χ3v) is 5.83. The monoisotopic (exact) mass is 443 g/mol. The van der Waals surface area contributed by atoms with Crippen LogP contribution in [0, 0.1) is 0 Å². The summed E-state index contributed by atoms with van der Waals surface area (Å²) < 4.78 is 0. The van der Waals surface area contributed by atoms with Crippen molar-refractivity contribution in [2.75, 3.05) is 29.5 Å². The maximum Gasteiger partial charge on any atom is 0.322 e. The second-order valence-corrected chi connectivity index (χ2v) is 8.22. The minimum Gasteiger partial charge on any atom is -0.397 e. The first-order valence-electron chi connectivity index (χ1n) is 11.2. The molecule has 170 valence electrons. The Kier molecular flexibility index (Phi) is 6.90. The molecule has 0 aromatic heterocycles. The Balaban J connectivity index is 1.39. The number of benzene rings is 3. The van der Waals surface area contributed by atoms with Crippen LogP contribution in [0.15, 0.2) is 66.7 Å². The number of nitrogens with two attached hydrogens (primary N) is 2. The zero-order chi connectivity index (χ0) is 23.2. The van der Waals surface area contributed by atoms with Crippen molar-refractivity contribution < 1.29 is 9.59 Å². The smallest absolute Gasteiger partial charge is 0.322 e. The Labute approximate surface area is 193 Å². The van der Waals surface area contributed by atoms with Gasteiger partial charge in [0.1, 0.15) is 0 Å². The van der Waals surface area contributed by atoms with E-state index in [0.717, 1.165) is 24.1 Å². The quantitative estimate of drug-likeness (QED) is 0.413. The van der Waals surface area contributed by atoms with Crippen LogP contribution in [0.4, 0.5) is 21.9 Å². The molecule has 0 radical (unpaired) electrons. The molecule has 3 aromatic carbocycles. The summed E-state index contributed by atoms with van der Waals surface area (Å²) in [6, 6.07) is 20.2. The predicted octanol–water partition coefficient (Wildman–Crippen LogP) is 4.00. The summed E-state index contributed by atoms with van der Waals surface area (Å²) in [7, 11) is 0. The molecule has 0 heterocycles. The third-order valence-electron chi connectivity index (χ3n) is 5.83. The number of nitrogens with zero attached hydrogens (tertiary/aromatic N) is 1. The number of aryl methyl sites for hydroxylation is 2. The Morgan fingerprint density at radius 3 is 2.42 bits per heavy atom. The number of amides is 3. The van der Waals surface area contributed by atoms with Crippen LogP contribution in [0.3, 0.4) is 0 Å². The van der Waals surface area contributed by atoms with E-state index in [0.29, 0.717) is 36.6 Å². The van der Waals surface area contributed by atoms with E-state index in [4.69, 9.17) is 11.5 Å². The molecule has 0 fully saturated rings. The fourth-order valence-corrected chi connectivity index (χ4v) is 4.05. The molecule has 1 aliphatic carbocycles. The molecule has 1 aliphatic rings. The molecule has 0 aliphatic heterocycles. The zero-order valence-corrected chi connectivity index (χ0v) is 18.5. The maximum atomic E-state index is 12.9. The van der Waals surface area contributed by atoms with Crippen LogP contribution in [0.1, 0.15) is 33.5 Å². The normalized spacial score (nSPS) is 12.2. The van der Waals surface area contributed by atoms with E-state index in [1.807, 2.05) is 30.3 Å². The lowest BCUT2D eigenvalue weighted by Crippen LogP contribution is -2.38. The molecule has 3 aromatic rings. The average molecular weight is 444 g/mol. The number of para-hydroxylation sites is 2. The number of rotatable bonds is 7. The van der Waals surface area contributed by atoms with E-state index >= 15 is 0 Å². The molecule has 0 spiro atoms. The van der Waals surface area contributed by atoms with E-state index in [-0.39, 0.29) is 11.9 Å². The number of carbonyl (C=O) groups is 2. The van der Waals surface area contributed by atoms with Crippen LogP contribution in [-0.4, -0.2) is 29.9 Å². The van der Waals surface area contributed by atoms with Crippen molar-refractivity contribution in [2.45, 2.75) is 25.8 Å². The molecule has 33 heavy (non-hydrogen) atoms. The average Bonchev–Trinajstić information content (AvgIpc) is 3.28. The Hall–Kier alpha value is -3.84. The molecule has 0 saturated carbocycles. The molecular formula is C26H29N5O2. The van der Waals surface area contributed by atoms with Crippen molar-refractivity contribution in [1.29, 1.82) is 0 Å². The summed E-state index contributed by atoms with van der Waals surface area (Å²) in [5.74, 6) is -0.243. The summed E-state index contributed by atoms with van der Waals surface area (Å²) in [6.07, 6.45) is 3.33. The summed E-state index contributed by atoms with van der Waals surface area (Å²) >= 11 is 0. The highest BCUT2D eigenvalue weighted by atomic mass is 16.2. The number of nitrogen functional groups attached to an aromatic ring is 1. The van der Waals surface area contributed by atoms with Crippen LogP contribution in [0.25, 0.3) is 0 Å². The van der Waals surface area contributed by atoms with Crippen molar-refractivity contribution in [1.82, 2.24) is 4.90 Å². The molecule has 3 amide bonds. The largest absolute Gasteiger partial charge is 0.397 e. The van der Waals surface area contributed by atoms with Gasteiger partial charge >= 0.3 is 6.03 Å². The number of nitrogens with one attached hydrogen (secondary N) is 2. The van der Waals surface area contributed by atoms with Gasteiger partial charge in [-0.15, -0.1) is 0 Å². The Morgan fingerprint density at radius 2 is 1.67 bits per heavy atom. The van der Waals surface area contributed by atoms with Crippen molar-refractivity contribution >= 4 is 29.0 Å². The van der Waals surface area contributed by atoms with Crippen LogP contribution in [0.2, 0.25) is 0 Å². The second kappa shape index (κ2) is 10.2. The zero-order valence-electron chi connectivity index (χ0n) is 18.5. The SMILES string of the molecule is NCCN(Cc1ccc(C(=O)Nc2ccccc2N)cc1)C(=O)Nc1ccc2c(c1)CCC2. The predicted molar refractivity (Wildman–Crippen MR) is 132 cm³/mol. The summed E-state index contributed by atoms with van der Waals surface area (Å²) in [5, 5.41) is 5.81. The van der Waals surface area contributed by atoms with Gasteiger partial charge in [-0.05, 0) is 72.4 Å². The summed E-state index contributed by atoms with van der Waals surface area (Å²) in [6.45, 7) is 1.17. The van der Waals surface area contributed by atoms with E-state index in [1.54, 1.807) is 29.2 Å². The topological polar surface area (TPSA) is 113 Å². The number of fused-ring (bicyclic) bond motifs is 1. The Morgan fingerprint density at radius 1 is 0.909 bits per heavy atom. The first kappa shape index (κ1) is 22.4. The molecule has 0 atom stereocenters. The lowest BCUT2D eigenvalue weighted by molar-refractivity contribution is 0.102. The molecule has 0 saturated heterocycles. The van der Waals surface area contributed by atoms with Gasteiger partial charge in [0.25, 0.3) is 5.91 Å². The fourth-order valence-electron chi connectivity index (χ4n) is 4.05. The third kappa shape index (κ3) is 5.51. The number of carbonyl (C=O) groups excluding carboxylic acids is 2. The van der Waals surface area contributed by atoms with Gasteiger partial charge < -0.3 is 27.0 Å². The molecule has 4 rings (SSSR count). The minimum atomic E-state index is -0.243. The van der Waals surface area contributed by atoms with Crippen molar-refractivity contribution in [2.24, 2.45) is 5.73 Å². The fraction of sp³-hybridized carbons (Fsp3) is 0.231. The van der Waals surface area contributed by atoms with E-state index in [2.05, 4.69) is 22.8 Å². The molecule has 0 unspecified atom stereocenters. The van der Waals surface area contributed by atoms with Gasteiger partial charge in [-0.1, -0.05) is 30.3 Å². The van der Waals surface area contributed by atoms with Gasteiger partial charge in [-0.2, -0.15) is 0 Å². The van der Waals surface area contributed by atoms with Crippen LogP contribution in [0.5, 0.6) is 0 Å². The van der Waals surface area contributed by atoms with E-state index in [1.165, 1.54) is 17.5 Å². The Bertz CT molecular complexity index is 1140. The molecular weight excluding hydrogens is 414 g/mol. The lowest BCUT2D eigenvalue weighted by atomic mass is 10.1.